The van der Waals surface area contributed by atoms with Gasteiger partial charge in [-0.25, -0.2) is 0 Å². The van der Waals surface area contributed by atoms with Crippen molar-refractivity contribution in [2.45, 2.75) is 19.8 Å². The number of benzene rings is 1. The van der Waals surface area contributed by atoms with Gasteiger partial charge in [-0.15, -0.1) is 0 Å². The molecule has 0 radical (unpaired) electrons. The summed E-state index contributed by atoms with van der Waals surface area (Å²) >= 11 is 0. The normalized spacial score (nSPS) is 13.1. The minimum absolute atomic E-state index is 0.304. The molecule has 1 aromatic carbocycles. The van der Waals surface area contributed by atoms with Gasteiger partial charge in [0.05, 0.1) is 5.69 Å². The Morgan fingerprint density at radius 1 is 1.06 bits per heavy atom. The molecule has 0 aliphatic carbocycles. The van der Waals surface area contributed by atoms with Crippen molar-refractivity contribution in [3.8, 4) is 22.8 Å². The molecule has 92 valence electrons. The fourth-order valence-electron chi connectivity index (χ4n) is 1.97. The molecule has 3 nitrogen and oxygen atoms in total. The van der Waals surface area contributed by atoms with Crippen molar-refractivity contribution < 1.29 is 9.47 Å². The summed E-state index contributed by atoms with van der Waals surface area (Å²) in [4.78, 5) is 4.50. The highest BCUT2D eigenvalue weighted by molar-refractivity contribution is 5.64. The quantitative estimate of drug-likeness (QED) is 0.805. The average Bonchev–Trinajstić information content (AvgIpc) is 2.86. The lowest BCUT2D eigenvalue weighted by Gasteiger charge is -2.06. The Kier molecular flexibility index (Phi) is 2.67. The van der Waals surface area contributed by atoms with Crippen LogP contribution < -0.4 is 9.47 Å². The molecular formula is C15H15NO2. The summed E-state index contributed by atoms with van der Waals surface area (Å²) in [6, 6.07) is 10.1. The standard InChI is InChI=1S/C15H15NO2/c1-10(2)12-3-5-13(16-8-12)11-4-6-14-15(7-11)18-9-17-14/h3-8,10H,9H2,1-2H3. The summed E-state index contributed by atoms with van der Waals surface area (Å²) in [6.07, 6.45) is 1.94. The van der Waals surface area contributed by atoms with E-state index in [1.165, 1.54) is 5.56 Å². The highest BCUT2D eigenvalue weighted by Gasteiger charge is 2.14. The lowest BCUT2D eigenvalue weighted by Crippen LogP contribution is -1.93. The third-order valence-corrected chi connectivity index (χ3v) is 3.12. The predicted molar refractivity (Wildman–Crippen MR) is 69.9 cm³/mol. The molecule has 1 aromatic heterocycles. The van der Waals surface area contributed by atoms with Crippen LogP contribution in [0, 0.1) is 0 Å². The van der Waals surface area contributed by atoms with E-state index in [0.29, 0.717) is 12.7 Å². The van der Waals surface area contributed by atoms with Crippen molar-refractivity contribution in [1.82, 2.24) is 4.98 Å². The van der Waals surface area contributed by atoms with E-state index >= 15 is 0 Å². The summed E-state index contributed by atoms with van der Waals surface area (Å²) in [5.41, 5.74) is 3.26. The van der Waals surface area contributed by atoms with Gasteiger partial charge in [0.25, 0.3) is 0 Å². The molecule has 0 bridgehead atoms. The summed E-state index contributed by atoms with van der Waals surface area (Å²) in [7, 11) is 0. The number of aromatic nitrogens is 1. The monoisotopic (exact) mass is 241 g/mol. The van der Waals surface area contributed by atoms with E-state index in [1.54, 1.807) is 0 Å². The summed E-state index contributed by atoms with van der Waals surface area (Å²) in [5.74, 6) is 2.10. The number of hydrogen-bond acceptors (Lipinski definition) is 3. The molecule has 1 aliphatic rings. The molecular weight excluding hydrogens is 226 g/mol. The SMILES string of the molecule is CC(C)c1ccc(-c2ccc3c(c2)OCO3)nc1. The first-order chi connectivity index (χ1) is 8.74. The lowest BCUT2D eigenvalue weighted by atomic mass is 10.0. The molecule has 2 aromatic rings. The third-order valence-electron chi connectivity index (χ3n) is 3.12. The van der Waals surface area contributed by atoms with Crippen LogP contribution in [0.1, 0.15) is 25.3 Å². The Balaban J connectivity index is 1.95. The van der Waals surface area contributed by atoms with Crippen LogP contribution in [0.15, 0.2) is 36.5 Å². The molecule has 0 saturated carbocycles. The lowest BCUT2D eigenvalue weighted by molar-refractivity contribution is 0.174. The van der Waals surface area contributed by atoms with E-state index in [-0.39, 0.29) is 0 Å². The number of rotatable bonds is 2. The first-order valence-electron chi connectivity index (χ1n) is 6.10. The minimum atomic E-state index is 0.304. The third kappa shape index (κ3) is 1.92. The van der Waals surface area contributed by atoms with Crippen LogP contribution in [-0.4, -0.2) is 11.8 Å². The Labute approximate surface area is 106 Å². The largest absolute Gasteiger partial charge is 0.454 e. The molecule has 0 unspecified atom stereocenters. The number of nitrogens with zero attached hydrogens (tertiary/aromatic N) is 1. The van der Waals surface area contributed by atoms with E-state index in [4.69, 9.17) is 9.47 Å². The van der Waals surface area contributed by atoms with Gasteiger partial charge in [0.2, 0.25) is 6.79 Å². The zero-order chi connectivity index (χ0) is 12.5. The zero-order valence-electron chi connectivity index (χ0n) is 10.5. The van der Waals surface area contributed by atoms with Crippen LogP contribution in [0.3, 0.4) is 0 Å². The fraction of sp³-hybridized carbons (Fsp3) is 0.267. The topological polar surface area (TPSA) is 31.4 Å². The number of pyridine rings is 1. The fourth-order valence-corrected chi connectivity index (χ4v) is 1.97. The zero-order valence-corrected chi connectivity index (χ0v) is 10.5. The van der Waals surface area contributed by atoms with E-state index in [0.717, 1.165) is 22.8 Å². The molecule has 0 amide bonds. The molecule has 3 heteroatoms. The van der Waals surface area contributed by atoms with Crippen LogP contribution in [0.5, 0.6) is 11.5 Å². The van der Waals surface area contributed by atoms with Crippen molar-refractivity contribution >= 4 is 0 Å². The van der Waals surface area contributed by atoms with Gasteiger partial charge in [0.1, 0.15) is 0 Å². The number of hydrogen-bond donors (Lipinski definition) is 0. The molecule has 3 rings (SSSR count). The second kappa shape index (κ2) is 4.33. The maximum absolute atomic E-state index is 5.37. The number of ether oxygens (including phenoxy) is 2. The Morgan fingerprint density at radius 3 is 2.61 bits per heavy atom. The average molecular weight is 241 g/mol. The van der Waals surface area contributed by atoms with Crippen molar-refractivity contribution in [2.24, 2.45) is 0 Å². The van der Waals surface area contributed by atoms with Gasteiger partial charge in [-0.05, 0) is 35.7 Å². The minimum Gasteiger partial charge on any atom is -0.454 e. The molecule has 0 spiro atoms. The van der Waals surface area contributed by atoms with Crippen LogP contribution in [0.2, 0.25) is 0 Å². The Bertz CT molecular complexity index is 561. The molecule has 0 N–H and O–H groups in total. The first-order valence-corrected chi connectivity index (χ1v) is 6.10. The van der Waals surface area contributed by atoms with E-state index < -0.39 is 0 Å². The van der Waals surface area contributed by atoms with E-state index in [9.17, 15) is 0 Å². The molecule has 1 aliphatic heterocycles. The van der Waals surface area contributed by atoms with Gasteiger partial charge in [-0.3, -0.25) is 4.98 Å². The number of fused-ring (bicyclic) bond motifs is 1. The Hall–Kier alpha value is -2.03. The summed E-state index contributed by atoms with van der Waals surface area (Å²) < 4.78 is 10.7. The smallest absolute Gasteiger partial charge is 0.231 e. The van der Waals surface area contributed by atoms with Gasteiger partial charge < -0.3 is 9.47 Å². The van der Waals surface area contributed by atoms with Crippen molar-refractivity contribution in [1.29, 1.82) is 0 Å². The van der Waals surface area contributed by atoms with Gasteiger partial charge in [-0.2, -0.15) is 0 Å². The molecule has 0 atom stereocenters. The van der Waals surface area contributed by atoms with Gasteiger partial charge in [-0.1, -0.05) is 19.9 Å². The summed E-state index contributed by atoms with van der Waals surface area (Å²) in [5, 5.41) is 0. The molecule has 0 saturated heterocycles. The van der Waals surface area contributed by atoms with Crippen LogP contribution in [0.4, 0.5) is 0 Å². The van der Waals surface area contributed by atoms with Crippen molar-refractivity contribution in [3.63, 3.8) is 0 Å². The second-order valence-electron chi connectivity index (χ2n) is 4.70. The highest BCUT2D eigenvalue weighted by atomic mass is 16.7. The first kappa shape index (κ1) is 11.1. The van der Waals surface area contributed by atoms with Crippen molar-refractivity contribution in [2.75, 3.05) is 6.79 Å². The Morgan fingerprint density at radius 2 is 1.89 bits per heavy atom. The van der Waals surface area contributed by atoms with Gasteiger partial charge in [0.15, 0.2) is 11.5 Å². The van der Waals surface area contributed by atoms with Crippen LogP contribution in [0.25, 0.3) is 11.3 Å². The highest BCUT2D eigenvalue weighted by Crippen LogP contribution is 2.35. The maximum atomic E-state index is 5.37. The molecule has 18 heavy (non-hydrogen) atoms. The van der Waals surface area contributed by atoms with Crippen molar-refractivity contribution in [3.05, 3.63) is 42.1 Å². The van der Waals surface area contributed by atoms with E-state index in [2.05, 4.69) is 24.9 Å². The predicted octanol–water partition coefficient (Wildman–Crippen LogP) is 3.60. The second-order valence-corrected chi connectivity index (χ2v) is 4.70. The molecule has 2 heterocycles. The van der Waals surface area contributed by atoms with Gasteiger partial charge >= 0.3 is 0 Å². The van der Waals surface area contributed by atoms with E-state index in [1.807, 2.05) is 30.5 Å². The van der Waals surface area contributed by atoms with Crippen LogP contribution >= 0.6 is 0 Å². The van der Waals surface area contributed by atoms with Gasteiger partial charge in [0, 0.05) is 11.8 Å². The van der Waals surface area contributed by atoms with Crippen LogP contribution in [-0.2, 0) is 0 Å². The summed E-state index contributed by atoms with van der Waals surface area (Å²) in [6.45, 7) is 4.63. The molecule has 0 fully saturated rings. The maximum Gasteiger partial charge on any atom is 0.231 e.